The molecule has 6 nitrogen and oxygen atoms in total. The Balaban J connectivity index is 1.45. The van der Waals surface area contributed by atoms with Crippen molar-refractivity contribution in [2.75, 3.05) is 13.1 Å². The zero-order chi connectivity index (χ0) is 18.8. The standard InChI is InChI=1S/C21H24N4O2/c1-14(19-4-3-15(2)27-19)7-11-25-12-8-18-17(13-25)21(26)24-20(23-18)16-5-9-22-10-6-16/h3-6,9-10,14H,7-8,11-13H2,1-2H3,(H,23,24,26)/t14-/m0/s1. The minimum absolute atomic E-state index is 0.0359. The summed E-state index contributed by atoms with van der Waals surface area (Å²) in [6.07, 6.45) is 5.21. The summed E-state index contributed by atoms with van der Waals surface area (Å²) in [6, 6.07) is 7.78. The van der Waals surface area contributed by atoms with E-state index in [-0.39, 0.29) is 5.56 Å². The molecule has 6 heteroatoms. The van der Waals surface area contributed by atoms with E-state index in [0.29, 0.717) is 18.3 Å². The molecule has 3 aromatic rings. The smallest absolute Gasteiger partial charge is 0.255 e. The lowest BCUT2D eigenvalue weighted by molar-refractivity contribution is 0.238. The number of aromatic nitrogens is 3. The maximum absolute atomic E-state index is 12.6. The van der Waals surface area contributed by atoms with Gasteiger partial charge in [0.2, 0.25) is 0 Å². The second kappa shape index (κ2) is 7.48. The Kier molecular flexibility index (Phi) is 4.90. The predicted octanol–water partition coefficient (Wildman–Crippen LogP) is 3.29. The van der Waals surface area contributed by atoms with Gasteiger partial charge in [-0.1, -0.05) is 6.92 Å². The van der Waals surface area contributed by atoms with Gasteiger partial charge in [-0.2, -0.15) is 0 Å². The molecule has 0 unspecified atom stereocenters. The van der Waals surface area contributed by atoms with Crippen LogP contribution in [0, 0.1) is 6.92 Å². The van der Waals surface area contributed by atoms with Gasteiger partial charge in [-0.25, -0.2) is 4.98 Å². The first kappa shape index (κ1) is 17.7. The van der Waals surface area contributed by atoms with E-state index in [2.05, 4.69) is 27.9 Å². The Morgan fingerprint density at radius 3 is 2.81 bits per heavy atom. The molecule has 1 aliphatic rings. The molecule has 0 aromatic carbocycles. The molecule has 4 rings (SSSR count). The van der Waals surface area contributed by atoms with Gasteiger partial charge in [0.25, 0.3) is 5.56 Å². The van der Waals surface area contributed by atoms with Crippen molar-refractivity contribution in [3.8, 4) is 11.4 Å². The van der Waals surface area contributed by atoms with Gasteiger partial charge in [0, 0.05) is 43.4 Å². The summed E-state index contributed by atoms with van der Waals surface area (Å²) in [5.41, 5.74) is 2.55. The summed E-state index contributed by atoms with van der Waals surface area (Å²) in [5, 5.41) is 0. The molecule has 0 aliphatic carbocycles. The number of rotatable bonds is 5. The molecule has 0 fully saturated rings. The minimum Gasteiger partial charge on any atom is -0.466 e. The van der Waals surface area contributed by atoms with E-state index in [1.807, 2.05) is 25.1 Å². The van der Waals surface area contributed by atoms with Crippen LogP contribution in [0.2, 0.25) is 0 Å². The van der Waals surface area contributed by atoms with Crippen LogP contribution in [-0.2, 0) is 13.0 Å². The van der Waals surface area contributed by atoms with Crippen molar-refractivity contribution in [3.63, 3.8) is 0 Å². The molecular weight excluding hydrogens is 340 g/mol. The number of hydrogen-bond donors (Lipinski definition) is 1. The Hall–Kier alpha value is -2.73. The summed E-state index contributed by atoms with van der Waals surface area (Å²) in [6.45, 7) is 6.66. The second-order valence-electron chi connectivity index (χ2n) is 7.24. The zero-order valence-electron chi connectivity index (χ0n) is 15.7. The predicted molar refractivity (Wildman–Crippen MR) is 104 cm³/mol. The van der Waals surface area contributed by atoms with Crippen molar-refractivity contribution in [1.82, 2.24) is 19.9 Å². The number of nitrogens with one attached hydrogen (secondary N) is 1. The number of H-pyrrole nitrogens is 1. The number of furan rings is 1. The van der Waals surface area contributed by atoms with Crippen LogP contribution in [-0.4, -0.2) is 32.9 Å². The molecule has 0 bridgehead atoms. The third-order valence-corrected chi connectivity index (χ3v) is 5.23. The van der Waals surface area contributed by atoms with Gasteiger partial charge in [0.05, 0.1) is 11.3 Å². The topological polar surface area (TPSA) is 75.0 Å². The van der Waals surface area contributed by atoms with Crippen LogP contribution < -0.4 is 5.56 Å². The highest BCUT2D eigenvalue weighted by Gasteiger charge is 2.22. The maximum Gasteiger partial charge on any atom is 0.255 e. The van der Waals surface area contributed by atoms with Crippen molar-refractivity contribution in [2.45, 2.75) is 39.2 Å². The number of hydrogen-bond acceptors (Lipinski definition) is 5. The van der Waals surface area contributed by atoms with Crippen LogP contribution in [0.1, 0.15) is 42.0 Å². The normalized spacial score (nSPS) is 15.5. The third-order valence-electron chi connectivity index (χ3n) is 5.23. The van der Waals surface area contributed by atoms with E-state index in [9.17, 15) is 4.79 Å². The first-order chi connectivity index (χ1) is 13.1. The van der Waals surface area contributed by atoms with Gasteiger partial charge >= 0.3 is 0 Å². The summed E-state index contributed by atoms with van der Waals surface area (Å²) in [5.74, 6) is 2.97. The quantitative estimate of drug-likeness (QED) is 0.752. The Labute approximate surface area is 158 Å². The number of fused-ring (bicyclic) bond motifs is 1. The fourth-order valence-corrected chi connectivity index (χ4v) is 3.56. The van der Waals surface area contributed by atoms with Gasteiger partial charge in [-0.3, -0.25) is 14.7 Å². The highest BCUT2D eigenvalue weighted by Crippen LogP contribution is 2.23. The highest BCUT2D eigenvalue weighted by atomic mass is 16.3. The maximum atomic E-state index is 12.6. The molecule has 4 heterocycles. The van der Waals surface area contributed by atoms with Crippen LogP contribution in [0.4, 0.5) is 0 Å². The molecule has 0 saturated heterocycles. The van der Waals surface area contributed by atoms with E-state index in [1.165, 1.54) is 0 Å². The molecule has 3 aromatic heterocycles. The van der Waals surface area contributed by atoms with Gasteiger partial charge in [0.15, 0.2) is 0 Å². The van der Waals surface area contributed by atoms with E-state index >= 15 is 0 Å². The first-order valence-electron chi connectivity index (χ1n) is 9.41. The number of pyridine rings is 1. The first-order valence-corrected chi connectivity index (χ1v) is 9.41. The number of nitrogens with zero attached hydrogens (tertiary/aromatic N) is 3. The summed E-state index contributed by atoms with van der Waals surface area (Å²) in [4.78, 5) is 26.6. The molecule has 1 N–H and O–H groups in total. The van der Waals surface area contributed by atoms with Crippen molar-refractivity contribution in [2.24, 2.45) is 0 Å². The molecule has 140 valence electrons. The van der Waals surface area contributed by atoms with Gasteiger partial charge in [-0.15, -0.1) is 0 Å². The molecule has 1 aliphatic heterocycles. The molecule has 1 atom stereocenters. The average Bonchev–Trinajstić information content (AvgIpc) is 3.13. The van der Waals surface area contributed by atoms with Crippen molar-refractivity contribution in [1.29, 1.82) is 0 Å². The average molecular weight is 364 g/mol. The minimum atomic E-state index is -0.0359. The lowest BCUT2D eigenvalue weighted by Crippen LogP contribution is -2.36. The fourth-order valence-electron chi connectivity index (χ4n) is 3.56. The molecule has 27 heavy (non-hydrogen) atoms. The Bertz CT molecular complexity index is 977. The summed E-state index contributed by atoms with van der Waals surface area (Å²) < 4.78 is 5.73. The molecule has 0 radical (unpaired) electrons. The van der Waals surface area contributed by atoms with E-state index < -0.39 is 0 Å². The number of aryl methyl sites for hydroxylation is 1. The summed E-state index contributed by atoms with van der Waals surface area (Å²) >= 11 is 0. The van der Waals surface area contributed by atoms with E-state index in [4.69, 9.17) is 9.40 Å². The molecule has 0 spiro atoms. The second-order valence-corrected chi connectivity index (χ2v) is 7.24. The van der Waals surface area contributed by atoms with Crippen LogP contribution in [0.3, 0.4) is 0 Å². The zero-order valence-corrected chi connectivity index (χ0v) is 15.7. The fraction of sp³-hybridized carbons (Fsp3) is 0.381. The number of aromatic amines is 1. The Morgan fingerprint density at radius 1 is 1.26 bits per heavy atom. The largest absolute Gasteiger partial charge is 0.466 e. The third kappa shape index (κ3) is 3.85. The SMILES string of the molecule is Cc1ccc([C@@H](C)CCN2CCc3nc(-c4ccncc4)[nH]c(=O)c3C2)o1. The van der Waals surface area contributed by atoms with Crippen LogP contribution >= 0.6 is 0 Å². The van der Waals surface area contributed by atoms with Crippen LogP contribution in [0.25, 0.3) is 11.4 Å². The van der Waals surface area contributed by atoms with Crippen molar-refractivity contribution >= 4 is 0 Å². The monoisotopic (exact) mass is 364 g/mol. The van der Waals surface area contributed by atoms with E-state index in [0.717, 1.165) is 54.3 Å². The Morgan fingerprint density at radius 2 is 2.07 bits per heavy atom. The molecule has 0 saturated carbocycles. The lowest BCUT2D eigenvalue weighted by Gasteiger charge is -2.28. The molecule has 0 amide bonds. The van der Waals surface area contributed by atoms with Crippen LogP contribution in [0.5, 0.6) is 0 Å². The van der Waals surface area contributed by atoms with E-state index in [1.54, 1.807) is 12.4 Å². The van der Waals surface area contributed by atoms with Crippen LogP contribution in [0.15, 0.2) is 45.9 Å². The van der Waals surface area contributed by atoms with Crippen molar-refractivity contribution < 1.29 is 4.42 Å². The van der Waals surface area contributed by atoms with Gasteiger partial charge < -0.3 is 9.40 Å². The van der Waals surface area contributed by atoms with Gasteiger partial charge in [-0.05, 0) is 44.2 Å². The van der Waals surface area contributed by atoms with Crippen molar-refractivity contribution in [3.05, 3.63) is 69.8 Å². The van der Waals surface area contributed by atoms with Gasteiger partial charge in [0.1, 0.15) is 17.3 Å². The lowest BCUT2D eigenvalue weighted by atomic mass is 10.0. The molecular formula is C21H24N4O2. The highest BCUT2D eigenvalue weighted by molar-refractivity contribution is 5.54. The summed E-state index contributed by atoms with van der Waals surface area (Å²) in [7, 11) is 0.